The lowest BCUT2D eigenvalue weighted by atomic mass is 10.1. The number of hydrogen-bond acceptors (Lipinski definition) is 4. The van der Waals surface area contributed by atoms with Gasteiger partial charge in [-0.3, -0.25) is 4.79 Å². The van der Waals surface area contributed by atoms with Crippen molar-refractivity contribution in [1.29, 1.82) is 0 Å². The minimum absolute atomic E-state index is 0.147. The number of carbonyl (C=O) groups excluding carboxylic acids is 1. The normalized spacial score (nSPS) is 15.7. The Morgan fingerprint density at radius 3 is 2.71 bits per heavy atom. The Morgan fingerprint density at radius 1 is 1.17 bits per heavy atom. The molecule has 128 valence electrons. The maximum absolute atomic E-state index is 12.4. The van der Waals surface area contributed by atoms with Crippen LogP contribution in [0, 0.1) is 0 Å². The van der Waals surface area contributed by atoms with Crippen molar-refractivity contribution in [2.24, 2.45) is 0 Å². The molecule has 1 aliphatic rings. The van der Waals surface area contributed by atoms with Gasteiger partial charge in [-0.2, -0.15) is 0 Å². The second-order valence-electron chi connectivity index (χ2n) is 6.26. The average molecular weight is 327 g/mol. The Balaban J connectivity index is 1.65. The third-order valence-corrected chi connectivity index (χ3v) is 4.70. The molecular weight excluding hydrogens is 302 g/mol. The lowest BCUT2D eigenvalue weighted by Crippen LogP contribution is -2.44. The van der Waals surface area contributed by atoms with Gasteiger partial charge in [-0.1, -0.05) is 30.3 Å². The number of rotatable bonds is 5. The predicted molar refractivity (Wildman–Crippen MR) is 92.7 cm³/mol. The van der Waals surface area contributed by atoms with E-state index in [-0.39, 0.29) is 11.9 Å². The van der Waals surface area contributed by atoms with Crippen LogP contribution in [0.25, 0.3) is 0 Å². The van der Waals surface area contributed by atoms with E-state index in [1.807, 2.05) is 24.9 Å². The second-order valence-corrected chi connectivity index (χ2v) is 6.26. The summed E-state index contributed by atoms with van der Waals surface area (Å²) < 4.78 is 2.19. The van der Waals surface area contributed by atoms with Gasteiger partial charge < -0.3 is 14.8 Å². The molecule has 2 heterocycles. The summed E-state index contributed by atoms with van der Waals surface area (Å²) in [4.78, 5) is 14.3. The van der Waals surface area contributed by atoms with Crippen molar-refractivity contribution in [3.05, 3.63) is 47.5 Å². The Hall–Kier alpha value is -2.21. The van der Waals surface area contributed by atoms with Crippen molar-refractivity contribution >= 4 is 5.91 Å². The highest BCUT2D eigenvalue weighted by atomic mass is 16.2. The van der Waals surface area contributed by atoms with Crippen molar-refractivity contribution in [2.75, 3.05) is 20.1 Å². The quantitative estimate of drug-likeness (QED) is 0.892. The first-order valence-electron chi connectivity index (χ1n) is 8.60. The van der Waals surface area contributed by atoms with Crippen LogP contribution in [-0.4, -0.2) is 51.8 Å². The van der Waals surface area contributed by atoms with Crippen molar-refractivity contribution in [2.45, 2.75) is 38.8 Å². The fourth-order valence-corrected chi connectivity index (χ4v) is 3.09. The number of aromatic nitrogens is 3. The highest BCUT2D eigenvalue weighted by Gasteiger charge is 2.24. The summed E-state index contributed by atoms with van der Waals surface area (Å²) >= 11 is 0. The van der Waals surface area contributed by atoms with Crippen LogP contribution in [-0.2, 0) is 30.6 Å². The van der Waals surface area contributed by atoms with E-state index in [9.17, 15) is 4.79 Å². The summed E-state index contributed by atoms with van der Waals surface area (Å²) in [5, 5.41) is 11.7. The number of aryl methyl sites for hydroxylation is 2. The van der Waals surface area contributed by atoms with E-state index >= 15 is 0 Å². The molecule has 1 aliphatic heterocycles. The summed E-state index contributed by atoms with van der Waals surface area (Å²) in [5.41, 5.74) is 1.31. The molecule has 6 heteroatoms. The van der Waals surface area contributed by atoms with Gasteiger partial charge in [-0.15, -0.1) is 10.2 Å². The average Bonchev–Trinajstić information content (AvgIpc) is 2.89. The van der Waals surface area contributed by atoms with E-state index in [0.717, 1.165) is 37.5 Å². The van der Waals surface area contributed by atoms with Gasteiger partial charge in [0.15, 0.2) is 0 Å². The van der Waals surface area contributed by atoms with E-state index in [0.29, 0.717) is 13.1 Å². The number of benzene rings is 1. The van der Waals surface area contributed by atoms with Crippen LogP contribution >= 0.6 is 0 Å². The Labute approximate surface area is 142 Å². The zero-order valence-electron chi connectivity index (χ0n) is 14.4. The number of fused-ring (bicyclic) bond motifs is 1. The molecule has 0 spiro atoms. The lowest BCUT2D eigenvalue weighted by molar-refractivity contribution is -0.132. The van der Waals surface area contributed by atoms with Gasteiger partial charge in [0.05, 0.1) is 6.04 Å². The van der Waals surface area contributed by atoms with Crippen LogP contribution in [0.2, 0.25) is 0 Å². The predicted octanol–water partition coefficient (Wildman–Crippen LogP) is 1.06. The molecule has 0 bridgehead atoms. The molecule has 2 aromatic rings. The zero-order valence-corrected chi connectivity index (χ0v) is 14.4. The summed E-state index contributed by atoms with van der Waals surface area (Å²) in [6.07, 6.45) is 2.59. The molecule has 1 unspecified atom stereocenters. The number of nitrogens with zero attached hydrogens (tertiary/aromatic N) is 4. The van der Waals surface area contributed by atoms with Crippen LogP contribution < -0.4 is 5.32 Å². The minimum Gasteiger partial charge on any atom is -0.339 e. The number of likely N-dealkylation sites (N-methyl/N-ethyl adjacent to an activating group) is 1. The van der Waals surface area contributed by atoms with Gasteiger partial charge in [-0.25, -0.2) is 0 Å². The first kappa shape index (κ1) is 16.6. The van der Waals surface area contributed by atoms with Crippen molar-refractivity contribution in [3.63, 3.8) is 0 Å². The van der Waals surface area contributed by atoms with Gasteiger partial charge in [0.25, 0.3) is 0 Å². The second kappa shape index (κ2) is 7.57. The molecule has 6 nitrogen and oxygen atoms in total. The van der Waals surface area contributed by atoms with Crippen molar-refractivity contribution in [3.8, 4) is 0 Å². The highest BCUT2D eigenvalue weighted by Crippen LogP contribution is 2.13. The smallest absolute Gasteiger partial charge is 0.239 e. The van der Waals surface area contributed by atoms with Gasteiger partial charge >= 0.3 is 0 Å². The number of hydrogen-bond donors (Lipinski definition) is 1. The molecule has 0 radical (unpaired) electrons. The fourth-order valence-electron chi connectivity index (χ4n) is 3.09. The van der Waals surface area contributed by atoms with E-state index in [4.69, 9.17) is 0 Å². The SMILES string of the molecule is CNC(C)C(=O)N1CCc2nnc(CCc3ccccc3)n2CC1. The van der Waals surface area contributed by atoms with E-state index < -0.39 is 0 Å². The summed E-state index contributed by atoms with van der Waals surface area (Å²) in [7, 11) is 1.82. The third-order valence-electron chi connectivity index (χ3n) is 4.70. The molecule has 0 saturated carbocycles. The van der Waals surface area contributed by atoms with Crippen molar-refractivity contribution < 1.29 is 4.79 Å². The first-order chi connectivity index (χ1) is 11.7. The standard InChI is InChI=1S/C18H25N5O/c1-14(19-2)18(24)22-11-10-17-21-20-16(23(17)13-12-22)9-8-15-6-4-3-5-7-15/h3-7,14,19H,8-13H2,1-2H3. The Bertz CT molecular complexity index is 682. The molecule has 0 aliphatic carbocycles. The monoisotopic (exact) mass is 327 g/mol. The van der Waals surface area contributed by atoms with E-state index in [1.54, 1.807) is 0 Å². The summed E-state index contributed by atoms with van der Waals surface area (Å²) in [5.74, 6) is 2.16. The van der Waals surface area contributed by atoms with Crippen LogP contribution in [0.4, 0.5) is 0 Å². The van der Waals surface area contributed by atoms with E-state index in [2.05, 4.69) is 44.3 Å². The van der Waals surface area contributed by atoms with Gasteiger partial charge in [0.2, 0.25) is 5.91 Å². The van der Waals surface area contributed by atoms with Gasteiger partial charge in [-0.05, 0) is 26.0 Å². The Morgan fingerprint density at radius 2 is 1.96 bits per heavy atom. The molecule has 1 aromatic carbocycles. The zero-order chi connectivity index (χ0) is 16.9. The van der Waals surface area contributed by atoms with Crippen LogP contribution in [0.3, 0.4) is 0 Å². The van der Waals surface area contributed by atoms with Gasteiger partial charge in [0, 0.05) is 32.5 Å². The summed E-state index contributed by atoms with van der Waals surface area (Å²) in [6.45, 7) is 4.10. The lowest BCUT2D eigenvalue weighted by Gasteiger charge is -2.23. The molecule has 0 fully saturated rings. The maximum atomic E-state index is 12.4. The molecule has 1 aromatic heterocycles. The number of nitrogens with one attached hydrogen (secondary N) is 1. The van der Waals surface area contributed by atoms with Crippen LogP contribution in [0.15, 0.2) is 30.3 Å². The van der Waals surface area contributed by atoms with E-state index in [1.165, 1.54) is 5.56 Å². The first-order valence-corrected chi connectivity index (χ1v) is 8.60. The van der Waals surface area contributed by atoms with Crippen molar-refractivity contribution in [1.82, 2.24) is 25.0 Å². The topological polar surface area (TPSA) is 63.1 Å². The third kappa shape index (κ3) is 3.64. The molecule has 24 heavy (non-hydrogen) atoms. The largest absolute Gasteiger partial charge is 0.339 e. The number of carbonyl (C=O) groups is 1. The van der Waals surface area contributed by atoms with Crippen LogP contribution in [0.1, 0.15) is 24.1 Å². The molecule has 1 atom stereocenters. The maximum Gasteiger partial charge on any atom is 0.239 e. The highest BCUT2D eigenvalue weighted by molar-refractivity contribution is 5.81. The van der Waals surface area contributed by atoms with Crippen LogP contribution in [0.5, 0.6) is 0 Å². The molecule has 1 amide bonds. The fraction of sp³-hybridized carbons (Fsp3) is 0.500. The Kier molecular flexibility index (Phi) is 5.25. The molecule has 1 N–H and O–H groups in total. The number of amides is 1. The minimum atomic E-state index is -0.147. The molecular formula is C18H25N5O. The molecule has 3 rings (SSSR count). The summed E-state index contributed by atoms with van der Waals surface area (Å²) in [6, 6.07) is 10.3. The van der Waals surface area contributed by atoms with Gasteiger partial charge in [0.1, 0.15) is 11.6 Å². The molecule has 0 saturated heterocycles.